The Labute approximate surface area is 191 Å². The number of esters is 1. The maximum Gasteiger partial charge on any atom is 0.343 e. The Morgan fingerprint density at radius 1 is 0.906 bits per heavy atom. The van der Waals surface area contributed by atoms with Gasteiger partial charge in [0, 0.05) is 15.6 Å². The molecule has 9 heteroatoms. The molecule has 0 fully saturated rings. The first kappa shape index (κ1) is 23.0. The number of amides is 1. The Morgan fingerprint density at radius 3 is 2.25 bits per heavy atom. The number of methoxy groups -OCH3 is 2. The van der Waals surface area contributed by atoms with Gasteiger partial charge in [-0.1, -0.05) is 15.9 Å². The number of carbonyl (C=O) groups excluding carboxylic acids is 2. The first-order valence-electron chi connectivity index (χ1n) is 9.24. The number of ether oxygens (including phenoxy) is 3. The van der Waals surface area contributed by atoms with Crippen LogP contribution in [-0.4, -0.2) is 32.3 Å². The van der Waals surface area contributed by atoms with Crippen molar-refractivity contribution in [2.24, 2.45) is 5.10 Å². The van der Waals surface area contributed by atoms with Crippen molar-refractivity contribution in [1.82, 2.24) is 5.43 Å². The number of nitrogens with one attached hydrogen (secondary N) is 1. The summed E-state index contributed by atoms with van der Waals surface area (Å²) < 4.78 is 29.6. The fourth-order valence-electron chi connectivity index (χ4n) is 2.66. The van der Waals surface area contributed by atoms with Crippen molar-refractivity contribution >= 4 is 34.0 Å². The van der Waals surface area contributed by atoms with Crippen LogP contribution in [0.2, 0.25) is 0 Å². The van der Waals surface area contributed by atoms with Crippen molar-refractivity contribution in [1.29, 1.82) is 0 Å². The van der Waals surface area contributed by atoms with Crippen LogP contribution < -0.4 is 19.6 Å². The van der Waals surface area contributed by atoms with Gasteiger partial charge in [-0.3, -0.25) is 4.79 Å². The highest BCUT2D eigenvalue weighted by molar-refractivity contribution is 9.10. The number of hydrogen-bond acceptors (Lipinski definition) is 6. The maximum absolute atomic E-state index is 13.0. The lowest BCUT2D eigenvalue weighted by molar-refractivity contribution is 0.0733. The molecule has 0 aromatic heterocycles. The number of hydrogen-bond donors (Lipinski definition) is 1. The average molecular weight is 501 g/mol. The zero-order valence-corrected chi connectivity index (χ0v) is 18.7. The first-order valence-corrected chi connectivity index (χ1v) is 10.0. The molecule has 0 saturated heterocycles. The number of rotatable bonds is 7. The predicted octanol–water partition coefficient (Wildman–Crippen LogP) is 4.59. The fraction of sp³-hybridized carbons (Fsp3) is 0.0870. The second-order valence-electron chi connectivity index (χ2n) is 6.35. The van der Waals surface area contributed by atoms with Gasteiger partial charge in [0.05, 0.1) is 26.0 Å². The molecular formula is C23H18BrFN2O5. The molecule has 1 amide bonds. The van der Waals surface area contributed by atoms with Crippen molar-refractivity contribution in [2.75, 3.05) is 14.2 Å². The summed E-state index contributed by atoms with van der Waals surface area (Å²) in [5.74, 6) is -0.466. The number of nitrogens with zero attached hydrogens (tertiary/aromatic N) is 1. The minimum Gasteiger partial charge on any atom is -0.493 e. The molecule has 0 unspecified atom stereocenters. The summed E-state index contributed by atoms with van der Waals surface area (Å²) in [6.07, 6.45) is 1.34. The molecule has 7 nitrogen and oxygen atoms in total. The van der Waals surface area contributed by atoms with Crippen molar-refractivity contribution in [3.8, 4) is 17.2 Å². The Morgan fingerprint density at radius 2 is 1.56 bits per heavy atom. The second kappa shape index (κ2) is 10.5. The molecule has 0 aliphatic rings. The number of halogens is 2. The van der Waals surface area contributed by atoms with Gasteiger partial charge in [0.25, 0.3) is 5.91 Å². The van der Waals surface area contributed by atoms with Crippen LogP contribution in [-0.2, 0) is 0 Å². The van der Waals surface area contributed by atoms with Crippen LogP contribution in [0.4, 0.5) is 4.39 Å². The van der Waals surface area contributed by atoms with E-state index in [1.54, 1.807) is 30.3 Å². The van der Waals surface area contributed by atoms with Gasteiger partial charge in [0.15, 0.2) is 11.5 Å². The van der Waals surface area contributed by atoms with Crippen molar-refractivity contribution in [3.63, 3.8) is 0 Å². The van der Waals surface area contributed by atoms with E-state index >= 15 is 0 Å². The number of hydrazone groups is 1. The second-order valence-corrected chi connectivity index (χ2v) is 7.26. The van der Waals surface area contributed by atoms with Crippen molar-refractivity contribution in [2.45, 2.75) is 0 Å². The molecule has 0 aliphatic heterocycles. The maximum atomic E-state index is 13.0. The molecule has 0 aliphatic carbocycles. The Hall–Kier alpha value is -3.72. The molecule has 0 atom stereocenters. The molecule has 0 bridgehead atoms. The molecule has 32 heavy (non-hydrogen) atoms. The van der Waals surface area contributed by atoms with E-state index in [1.165, 1.54) is 50.8 Å². The van der Waals surface area contributed by atoms with Crippen molar-refractivity contribution < 1.29 is 28.2 Å². The summed E-state index contributed by atoms with van der Waals surface area (Å²) in [6, 6.07) is 14.7. The highest BCUT2D eigenvalue weighted by atomic mass is 79.9. The van der Waals surface area contributed by atoms with E-state index in [-0.39, 0.29) is 16.9 Å². The Kier molecular flexibility index (Phi) is 7.56. The Balaban J connectivity index is 1.76. The zero-order chi connectivity index (χ0) is 23.1. The van der Waals surface area contributed by atoms with Gasteiger partial charge >= 0.3 is 5.97 Å². The quantitative estimate of drug-likeness (QED) is 0.222. The highest BCUT2D eigenvalue weighted by Gasteiger charge is 2.15. The van der Waals surface area contributed by atoms with Crippen LogP contribution in [0.25, 0.3) is 0 Å². The molecular weight excluding hydrogens is 483 g/mol. The molecule has 3 aromatic carbocycles. The van der Waals surface area contributed by atoms with Gasteiger partial charge in [-0.2, -0.15) is 5.10 Å². The summed E-state index contributed by atoms with van der Waals surface area (Å²) in [4.78, 5) is 24.7. The summed E-state index contributed by atoms with van der Waals surface area (Å²) in [6.45, 7) is 0. The summed E-state index contributed by atoms with van der Waals surface area (Å²) in [5.41, 5.74) is 3.30. The molecule has 3 aromatic rings. The largest absolute Gasteiger partial charge is 0.493 e. The number of carbonyl (C=O) groups is 2. The third-order valence-electron chi connectivity index (χ3n) is 4.27. The van der Waals surface area contributed by atoms with Gasteiger partial charge in [0.1, 0.15) is 11.6 Å². The first-order chi connectivity index (χ1) is 15.4. The lowest BCUT2D eigenvalue weighted by Crippen LogP contribution is -2.17. The lowest BCUT2D eigenvalue weighted by atomic mass is 10.2. The van der Waals surface area contributed by atoms with Crippen LogP contribution in [0.3, 0.4) is 0 Å². The topological polar surface area (TPSA) is 86.2 Å². The highest BCUT2D eigenvalue weighted by Crippen LogP contribution is 2.29. The van der Waals surface area contributed by atoms with Gasteiger partial charge < -0.3 is 14.2 Å². The van der Waals surface area contributed by atoms with Gasteiger partial charge in [0.2, 0.25) is 0 Å². The third kappa shape index (κ3) is 5.70. The standard InChI is InChI=1S/C23H18BrFN2O5/c1-30-20-9-5-15(12-21(20)31-2)23(29)32-19-10-6-17(24)11-16(19)13-26-27-22(28)14-3-7-18(25)8-4-14/h3-13H,1-2H3,(H,27,28). The van der Waals surface area contributed by atoms with Gasteiger partial charge in [-0.25, -0.2) is 14.6 Å². The van der Waals surface area contributed by atoms with E-state index in [1.807, 2.05) is 0 Å². The van der Waals surface area contributed by atoms with Crippen LogP contribution in [0.15, 0.2) is 70.2 Å². The molecule has 0 radical (unpaired) electrons. The third-order valence-corrected chi connectivity index (χ3v) is 4.76. The van der Waals surface area contributed by atoms with Crippen LogP contribution in [0, 0.1) is 5.82 Å². The van der Waals surface area contributed by atoms with Crippen molar-refractivity contribution in [3.05, 3.63) is 87.6 Å². The summed E-state index contributed by atoms with van der Waals surface area (Å²) >= 11 is 3.35. The van der Waals surface area contributed by atoms with Crippen LogP contribution in [0.5, 0.6) is 17.2 Å². The van der Waals surface area contributed by atoms with E-state index in [4.69, 9.17) is 14.2 Å². The minimum atomic E-state index is -0.613. The molecule has 0 saturated carbocycles. The fourth-order valence-corrected chi connectivity index (χ4v) is 3.04. The molecule has 0 heterocycles. The van der Waals surface area contributed by atoms with Gasteiger partial charge in [-0.15, -0.1) is 0 Å². The molecule has 164 valence electrons. The van der Waals surface area contributed by atoms with Crippen LogP contribution >= 0.6 is 15.9 Å². The minimum absolute atomic E-state index is 0.229. The zero-order valence-electron chi connectivity index (χ0n) is 17.1. The van der Waals surface area contributed by atoms with E-state index in [0.717, 1.165) is 4.47 Å². The SMILES string of the molecule is COc1ccc(C(=O)Oc2ccc(Br)cc2C=NNC(=O)c2ccc(F)cc2)cc1OC. The summed E-state index contributed by atoms with van der Waals surface area (Å²) in [5, 5.41) is 3.91. The van der Waals surface area contributed by atoms with Gasteiger partial charge in [-0.05, 0) is 60.7 Å². The van der Waals surface area contributed by atoms with E-state index in [2.05, 4.69) is 26.5 Å². The van der Waals surface area contributed by atoms with Crippen LogP contribution in [0.1, 0.15) is 26.3 Å². The van der Waals surface area contributed by atoms with E-state index < -0.39 is 17.7 Å². The molecule has 3 rings (SSSR count). The smallest absolute Gasteiger partial charge is 0.343 e. The normalized spacial score (nSPS) is 10.6. The molecule has 0 spiro atoms. The molecule has 1 N–H and O–H groups in total. The van der Waals surface area contributed by atoms with E-state index in [0.29, 0.717) is 17.1 Å². The Bertz CT molecular complexity index is 1170. The predicted molar refractivity (Wildman–Crippen MR) is 120 cm³/mol. The van der Waals surface area contributed by atoms with E-state index in [9.17, 15) is 14.0 Å². The average Bonchev–Trinajstić information content (AvgIpc) is 2.80. The summed E-state index contributed by atoms with van der Waals surface area (Å²) in [7, 11) is 2.97. The lowest BCUT2D eigenvalue weighted by Gasteiger charge is -2.11. The monoisotopic (exact) mass is 500 g/mol. The number of benzene rings is 3.